The van der Waals surface area contributed by atoms with Crippen LogP contribution >= 0.6 is 0 Å². The maximum Gasteiger partial charge on any atom is 0.358 e. The quantitative estimate of drug-likeness (QED) is 0.234. The average Bonchev–Trinajstić information content (AvgIpc) is 2.09. The molecule has 0 aromatic heterocycles. The van der Waals surface area contributed by atoms with Crippen LogP contribution in [-0.2, 0) is 14.4 Å². The second-order valence-electron chi connectivity index (χ2n) is 3.81. The van der Waals surface area contributed by atoms with Crippen LogP contribution in [0, 0.1) is 5.41 Å². The van der Waals surface area contributed by atoms with Crippen LogP contribution in [0.4, 0.5) is 0 Å². The Morgan fingerprint density at radius 3 is 2.27 bits per heavy atom. The van der Waals surface area contributed by atoms with Gasteiger partial charge < -0.3 is 15.7 Å². The number of nitrogens with two attached hydrogens (primary N) is 1. The van der Waals surface area contributed by atoms with Crippen molar-refractivity contribution in [3.05, 3.63) is 12.2 Å². The van der Waals surface area contributed by atoms with E-state index in [4.69, 9.17) is 10.8 Å². The average molecular weight is 214 g/mol. The summed E-state index contributed by atoms with van der Waals surface area (Å²) in [7, 11) is 0. The molecule has 0 aliphatic carbocycles. The van der Waals surface area contributed by atoms with E-state index in [0.717, 1.165) is 6.08 Å². The van der Waals surface area contributed by atoms with Gasteiger partial charge in [-0.15, -0.1) is 0 Å². The highest BCUT2D eigenvalue weighted by atomic mass is 16.7. The maximum atomic E-state index is 10.8. The molecular weight excluding hydrogens is 200 g/mol. The summed E-state index contributed by atoms with van der Waals surface area (Å²) < 4.78 is 0. The number of rotatable bonds is 3. The van der Waals surface area contributed by atoms with Crippen LogP contribution in [0.25, 0.3) is 0 Å². The highest BCUT2D eigenvalue weighted by molar-refractivity contribution is 5.91. The molecular formula is C9H14N2O4. The molecule has 0 unspecified atom stereocenters. The predicted molar refractivity (Wildman–Crippen MR) is 53.9 cm³/mol. The van der Waals surface area contributed by atoms with Crippen LogP contribution in [0.5, 0.6) is 0 Å². The van der Waals surface area contributed by atoms with Crippen molar-refractivity contribution in [1.82, 2.24) is 0 Å². The summed E-state index contributed by atoms with van der Waals surface area (Å²) in [4.78, 5) is 25.2. The molecule has 0 aliphatic heterocycles. The summed E-state index contributed by atoms with van der Waals surface area (Å²) in [6.45, 7) is 5.40. The SMILES string of the molecule is CC(C)(C)/C(N)=N/OC(=O)C=CC(=O)O. The molecule has 0 fully saturated rings. The van der Waals surface area contributed by atoms with Gasteiger partial charge in [-0.25, -0.2) is 9.59 Å². The molecule has 15 heavy (non-hydrogen) atoms. The van der Waals surface area contributed by atoms with E-state index in [0.29, 0.717) is 6.08 Å². The Morgan fingerprint density at radius 2 is 1.87 bits per heavy atom. The first-order valence-corrected chi connectivity index (χ1v) is 4.19. The van der Waals surface area contributed by atoms with Gasteiger partial charge in [0.15, 0.2) is 0 Å². The van der Waals surface area contributed by atoms with E-state index in [1.165, 1.54) is 0 Å². The van der Waals surface area contributed by atoms with Crippen molar-refractivity contribution in [3.63, 3.8) is 0 Å². The number of nitrogens with zero attached hydrogens (tertiary/aromatic N) is 1. The summed E-state index contributed by atoms with van der Waals surface area (Å²) in [5.74, 6) is -1.97. The number of hydrogen-bond acceptors (Lipinski definition) is 4. The van der Waals surface area contributed by atoms with E-state index in [1.807, 2.05) is 0 Å². The number of aliphatic carboxylic acids is 1. The number of carboxylic acids is 1. The van der Waals surface area contributed by atoms with Crippen molar-refractivity contribution >= 4 is 17.8 Å². The fraction of sp³-hybridized carbons (Fsp3) is 0.444. The zero-order valence-corrected chi connectivity index (χ0v) is 8.85. The van der Waals surface area contributed by atoms with Crippen molar-refractivity contribution < 1.29 is 19.5 Å². The molecule has 6 heteroatoms. The first-order valence-electron chi connectivity index (χ1n) is 4.19. The first kappa shape index (κ1) is 13.2. The van der Waals surface area contributed by atoms with Crippen molar-refractivity contribution in [2.24, 2.45) is 16.3 Å². The third-order valence-corrected chi connectivity index (χ3v) is 1.36. The lowest BCUT2D eigenvalue weighted by molar-refractivity contribution is -0.138. The van der Waals surface area contributed by atoms with Crippen LogP contribution in [-0.4, -0.2) is 22.9 Å². The number of carbonyl (C=O) groups is 2. The van der Waals surface area contributed by atoms with Gasteiger partial charge in [0.2, 0.25) is 0 Å². The van der Waals surface area contributed by atoms with Crippen LogP contribution in [0.3, 0.4) is 0 Å². The second kappa shape index (κ2) is 5.14. The van der Waals surface area contributed by atoms with Gasteiger partial charge in [-0.3, -0.25) is 0 Å². The zero-order chi connectivity index (χ0) is 12.1. The third kappa shape index (κ3) is 6.25. The Balaban J connectivity index is 4.28. The van der Waals surface area contributed by atoms with Crippen molar-refractivity contribution in [2.45, 2.75) is 20.8 Å². The Labute approximate surface area is 87.4 Å². The minimum atomic E-state index is -1.24. The summed E-state index contributed by atoms with van der Waals surface area (Å²) in [6.07, 6.45) is 1.41. The van der Waals surface area contributed by atoms with Crippen molar-refractivity contribution in [2.75, 3.05) is 0 Å². The lowest BCUT2D eigenvalue weighted by Gasteiger charge is -2.15. The molecule has 0 radical (unpaired) electrons. The van der Waals surface area contributed by atoms with Gasteiger partial charge in [0.05, 0.1) is 0 Å². The molecule has 0 aromatic carbocycles. The van der Waals surface area contributed by atoms with Gasteiger partial charge in [-0.1, -0.05) is 25.9 Å². The molecule has 3 N–H and O–H groups in total. The van der Waals surface area contributed by atoms with Crippen LogP contribution in [0.15, 0.2) is 17.3 Å². The predicted octanol–water partition coefficient (Wildman–Crippen LogP) is 0.489. The van der Waals surface area contributed by atoms with Gasteiger partial charge in [-0.05, 0) is 0 Å². The van der Waals surface area contributed by atoms with Crippen LogP contribution in [0.2, 0.25) is 0 Å². The second-order valence-corrected chi connectivity index (χ2v) is 3.81. The number of amidine groups is 1. The van der Waals surface area contributed by atoms with Crippen LogP contribution in [0.1, 0.15) is 20.8 Å². The zero-order valence-electron chi connectivity index (χ0n) is 8.85. The standard InChI is InChI=1S/C9H14N2O4/c1-9(2,3)8(10)11-15-7(14)5-4-6(12)13/h4-5H,1-3H3,(H2,10,11)(H,12,13). The number of carboxylic acid groups (broad SMARTS) is 1. The lowest BCUT2D eigenvalue weighted by Crippen LogP contribution is -2.29. The minimum absolute atomic E-state index is 0.152. The van der Waals surface area contributed by atoms with Crippen molar-refractivity contribution in [1.29, 1.82) is 0 Å². The summed E-state index contributed by atoms with van der Waals surface area (Å²) in [5, 5.41) is 11.6. The maximum absolute atomic E-state index is 10.8. The summed E-state index contributed by atoms with van der Waals surface area (Å²) in [6, 6.07) is 0. The van der Waals surface area contributed by atoms with E-state index in [9.17, 15) is 9.59 Å². The third-order valence-electron chi connectivity index (χ3n) is 1.36. The molecule has 6 nitrogen and oxygen atoms in total. The first-order chi connectivity index (χ1) is 6.73. The molecule has 0 bridgehead atoms. The molecule has 0 spiro atoms. The summed E-state index contributed by atoms with van der Waals surface area (Å²) >= 11 is 0. The van der Waals surface area contributed by atoms with E-state index >= 15 is 0 Å². The number of oxime groups is 1. The highest BCUT2D eigenvalue weighted by Crippen LogP contribution is 2.12. The molecule has 0 aliphatic rings. The Hall–Kier alpha value is -1.85. The monoisotopic (exact) mass is 214 g/mol. The molecule has 0 rings (SSSR count). The molecule has 0 atom stereocenters. The fourth-order valence-electron chi connectivity index (χ4n) is 0.401. The molecule has 0 saturated carbocycles. The van der Waals surface area contributed by atoms with Crippen LogP contribution < -0.4 is 5.73 Å². The van der Waals surface area contributed by atoms with E-state index in [2.05, 4.69) is 9.99 Å². The van der Waals surface area contributed by atoms with Gasteiger partial charge in [-0.2, -0.15) is 0 Å². The molecule has 0 heterocycles. The Bertz CT molecular complexity index is 313. The highest BCUT2D eigenvalue weighted by Gasteiger charge is 2.16. The number of hydrogen-bond donors (Lipinski definition) is 2. The normalized spacial score (nSPS) is 12.9. The summed E-state index contributed by atoms with van der Waals surface area (Å²) in [5.41, 5.74) is 5.08. The van der Waals surface area contributed by atoms with Gasteiger partial charge in [0, 0.05) is 17.6 Å². The van der Waals surface area contributed by atoms with E-state index in [1.54, 1.807) is 20.8 Å². The van der Waals surface area contributed by atoms with E-state index < -0.39 is 17.4 Å². The van der Waals surface area contributed by atoms with Gasteiger partial charge >= 0.3 is 11.9 Å². The molecule has 84 valence electrons. The Morgan fingerprint density at radius 1 is 1.33 bits per heavy atom. The fourth-order valence-corrected chi connectivity index (χ4v) is 0.401. The van der Waals surface area contributed by atoms with Gasteiger partial charge in [0.1, 0.15) is 5.84 Å². The largest absolute Gasteiger partial charge is 0.478 e. The molecule has 0 aromatic rings. The Kier molecular flexibility index (Phi) is 4.50. The smallest absolute Gasteiger partial charge is 0.358 e. The molecule has 0 saturated heterocycles. The topological polar surface area (TPSA) is 102 Å². The van der Waals surface area contributed by atoms with Crippen molar-refractivity contribution in [3.8, 4) is 0 Å². The van der Waals surface area contributed by atoms with E-state index in [-0.39, 0.29) is 5.84 Å². The lowest BCUT2D eigenvalue weighted by atomic mass is 9.96. The number of carbonyl (C=O) groups excluding carboxylic acids is 1. The molecule has 0 amide bonds. The minimum Gasteiger partial charge on any atom is -0.478 e. The van der Waals surface area contributed by atoms with Gasteiger partial charge in [0.25, 0.3) is 0 Å².